The topological polar surface area (TPSA) is 123 Å². The maximum Gasteiger partial charge on any atom is 0.234 e. The summed E-state index contributed by atoms with van der Waals surface area (Å²) in [5.74, 6) is 1.31. The van der Waals surface area contributed by atoms with Gasteiger partial charge in [-0.05, 0) is 37.1 Å². The Morgan fingerprint density at radius 2 is 1.92 bits per heavy atom. The Hall–Kier alpha value is -3.09. The zero-order valence-corrected chi connectivity index (χ0v) is 23.6. The number of sulfonamides is 1. The fourth-order valence-corrected chi connectivity index (χ4v) is 5.77. The number of nitrogens with one attached hydrogen (secondary N) is 1. The molecule has 0 bridgehead atoms. The zero-order chi connectivity index (χ0) is 26.4. The van der Waals surface area contributed by atoms with Crippen LogP contribution in [0.2, 0.25) is 25.7 Å². The van der Waals surface area contributed by atoms with E-state index < -0.39 is 18.1 Å². The van der Waals surface area contributed by atoms with Crippen LogP contribution in [0.3, 0.4) is 0 Å². The molecular formula is C25H32N6O4SSi. The van der Waals surface area contributed by atoms with Gasteiger partial charge in [0.1, 0.15) is 24.3 Å². The molecule has 37 heavy (non-hydrogen) atoms. The summed E-state index contributed by atoms with van der Waals surface area (Å²) in [4.78, 5) is 21.5. The van der Waals surface area contributed by atoms with E-state index in [1.54, 1.807) is 25.4 Å². The molecule has 3 heterocycles. The minimum atomic E-state index is -3.54. The molecule has 1 N–H and O–H groups in total. The second-order valence-corrected chi connectivity index (χ2v) is 18.2. The number of H-pyrrole nitrogens is 1. The van der Waals surface area contributed by atoms with Crippen molar-refractivity contribution < 1.29 is 17.9 Å². The van der Waals surface area contributed by atoms with Crippen LogP contribution in [-0.4, -0.2) is 68.1 Å². The summed E-state index contributed by atoms with van der Waals surface area (Å²) in [7, 11) is -3.24. The number of rotatable bonds is 10. The van der Waals surface area contributed by atoms with Crippen LogP contribution >= 0.6 is 0 Å². The molecule has 1 saturated carbocycles. The largest absolute Gasteiger partial charge is 0.480 e. The summed E-state index contributed by atoms with van der Waals surface area (Å²) >= 11 is 0. The van der Waals surface area contributed by atoms with Crippen LogP contribution in [-0.2, 0) is 14.8 Å². The Labute approximate surface area is 217 Å². The normalized spacial score (nSPS) is 14.4. The van der Waals surface area contributed by atoms with E-state index in [0.717, 1.165) is 40.9 Å². The van der Waals surface area contributed by atoms with Crippen molar-refractivity contribution in [2.75, 3.05) is 31.0 Å². The SMILES string of the molecule is COc1ncnc(C2CC2)c1-c1ncc2c(n1)[nH]c1cc(N(COCC[Si](C)(C)C)S(C)(=O)=O)ccc12. The molecule has 12 heteroatoms. The summed E-state index contributed by atoms with van der Waals surface area (Å²) in [6, 6.07) is 6.44. The maximum absolute atomic E-state index is 12.6. The predicted octanol–water partition coefficient (Wildman–Crippen LogP) is 4.53. The summed E-state index contributed by atoms with van der Waals surface area (Å²) in [5, 5.41) is 1.74. The van der Waals surface area contributed by atoms with Gasteiger partial charge in [0.2, 0.25) is 15.9 Å². The summed E-state index contributed by atoms with van der Waals surface area (Å²) in [6.07, 6.45) is 6.62. The minimum Gasteiger partial charge on any atom is -0.480 e. The molecule has 0 spiro atoms. The molecule has 0 saturated heterocycles. The Kier molecular flexibility index (Phi) is 6.67. The molecule has 0 amide bonds. The van der Waals surface area contributed by atoms with E-state index >= 15 is 0 Å². The first kappa shape index (κ1) is 25.6. The molecule has 196 valence electrons. The van der Waals surface area contributed by atoms with E-state index in [1.807, 2.05) is 6.07 Å². The number of nitrogens with zero attached hydrogens (tertiary/aromatic N) is 5. The lowest BCUT2D eigenvalue weighted by Crippen LogP contribution is -2.33. The van der Waals surface area contributed by atoms with Gasteiger partial charge >= 0.3 is 0 Å². The van der Waals surface area contributed by atoms with Gasteiger partial charge in [-0.25, -0.2) is 32.7 Å². The summed E-state index contributed by atoms with van der Waals surface area (Å²) in [5.41, 5.74) is 3.54. The molecule has 3 aromatic heterocycles. The third kappa shape index (κ3) is 5.46. The van der Waals surface area contributed by atoms with E-state index in [0.29, 0.717) is 41.1 Å². The molecule has 0 atom stereocenters. The lowest BCUT2D eigenvalue weighted by Gasteiger charge is -2.23. The molecule has 1 fully saturated rings. The quantitative estimate of drug-likeness (QED) is 0.177. The molecule has 1 aliphatic carbocycles. The van der Waals surface area contributed by atoms with Gasteiger partial charge in [-0.3, -0.25) is 0 Å². The van der Waals surface area contributed by atoms with Gasteiger partial charge in [-0.15, -0.1) is 0 Å². The first-order valence-corrected chi connectivity index (χ1v) is 17.8. The van der Waals surface area contributed by atoms with Gasteiger partial charge in [0.05, 0.1) is 24.7 Å². The maximum atomic E-state index is 12.6. The van der Waals surface area contributed by atoms with Crippen molar-refractivity contribution in [2.24, 2.45) is 0 Å². The summed E-state index contributed by atoms with van der Waals surface area (Å²) in [6.45, 7) is 7.28. The molecule has 1 aromatic carbocycles. The first-order valence-electron chi connectivity index (χ1n) is 12.3. The van der Waals surface area contributed by atoms with Crippen molar-refractivity contribution in [3.63, 3.8) is 0 Å². The van der Waals surface area contributed by atoms with Crippen LogP contribution in [0.1, 0.15) is 24.5 Å². The van der Waals surface area contributed by atoms with E-state index in [4.69, 9.17) is 14.5 Å². The lowest BCUT2D eigenvalue weighted by molar-refractivity contribution is 0.156. The van der Waals surface area contributed by atoms with Crippen LogP contribution in [0.15, 0.2) is 30.7 Å². The van der Waals surface area contributed by atoms with E-state index in [-0.39, 0.29) is 6.73 Å². The number of ether oxygens (including phenoxy) is 2. The molecule has 5 rings (SSSR count). The minimum absolute atomic E-state index is 0.0310. The molecule has 0 unspecified atom stereocenters. The average Bonchev–Trinajstić information content (AvgIpc) is 3.62. The highest BCUT2D eigenvalue weighted by atomic mass is 32.2. The van der Waals surface area contributed by atoms with Gasteiger partial charge in [0, 0.05) is 43.1 Å². The Balaban J connectivity index is 1.50. The smallest absolute Gasteiger partial charge is 0.234 e. The van der Waals surface area contributed by atoms with Gasteiger partial charge in [-0.2, -0.15) is 0 Å². The third-order valence-corrected chi connectivity index (χ3v) is 9.27. The number of aromatic amines is 1. The fraction of sp³-hybridized carbons (Fsp3) is 0.440. The fourth-order valence-electron chi connectivity index (χ4n) is 4.25. The van der Waals surface area contributed by atoms with Crippen LogP contribution < -0.4 is 9.04 Å². The van der Waals surface area contributed by atoms with Gasteiger partial charge < -0.3 is 14.5 Å². The van der Waals surface area contributed by atoms with Gasteiger partial charge in [0.25, 0.3) is 0 Å². The number of anilines is 1. The van der Waals surface area contributed by atoms with E-state index in [2.05, 4.69) is 39.6 Å². The van der Waals surface area contributed by atoms with Gasteiger partial charge in [0.15, 0.2) is 5.82 Å². The average molecular weight is 541 g/mol. The van der Waals surface area contributed by atoms with Crippen molar-refractivity contribution >= 4 is 45.7 Å². The zero-order valence-electron chi connectivity index (χ0n) is 21.8. The van der Waals surface area contributed by atoms with E-state index in [1.165, 1.54) is 16.9 Å². The van der Waals surface area contributed by atoms with Crippen molar-refractivity contribution in [1.82, 2.24) is 24.9 Å². The Morgan fingerprint density at radius 3 is 2.59 bits per heavy atom. The Morgan fingerprint density at radius 1 is 1.14 bits per heavy atom. The predicted molar refractivity (Wildman–Crippen MR) is 147 cm³/mol. The number of methoxy groups -OCH3 is 1. The molecule has 1 aliphatic rings. The highest BCUT2D eigenvalue weighted by molar-refractivity contribution is 7.92. The van der Waals surface area contributed by atoms with Crippen LogP contribution in [0.25, 0.3) is 33.3 Å². The molecule has 0 aliphatic heterocycles. The number of aromatic nitrogens is 5. The molecule has 0 radical (unpaired) electrons. The van der Waals surface area contributed by atoms with Crippen LogP contribution in [0.4, 0.5) is 5.69 Å². The van der Waals surface area contributed by atoms with E-state index in [9.17, 15) is 8.42 Å². The Bertz CT molecular complexity index is 1560. The number of fused-ring (bicyclic) bond motifs is 3. The second kappa shape index (κ2) is 9.65. The number of hydrogen-bond acceptors (Lipinski definition) is 8. The highest BCUT2D eigenvalue weighted by Crippen LogP contribution is 2.45. The van der Waals surface area contributed by atoms with Gasteiger partial charge in [-0.1, -0.05) is 19.6 Å². The first-order chi connectivity index (χ1) is 17.5. The van der Waals surface area contributed by atoms with Crippen molar-refractivity contribution in [1.29, 1.82) is 0 Å². The standard InChI is InChI=1S/C25H32N6O4SSi/c1-34-25-21(22(16-6-7-16)27-14-28-25)24-26-13-19-18-9-8-17(12-20(18)29-23(19)30-24)31(36(2,32)33)15-35-10-11-37(3,4)5/h8-9,12-14,16H,6-7,10-11,15H2,1-5H3,(H,26,29,30). The number of hydrogen-bond donors (Lipinski definition) is 1. The van der Waals surface area contributed by atoms with Crippen molar-refractivity contribution in [2.45, 2.75) is 44.4 Å². The molecular weight excluding hydrogens is 508 g/mol. The van der Waals surface area contributed by atoms with Crippen molar-refractivity contribution in [3.05, 3.63) is 36.4 Å². The lowest BCUT2D eigenvalue weighted by atomic mass is 10.1. The van der Waals surface area contributed by atoms with Crippen LogP contribution in [0.5, 0.6) is 5.88 Å². The second-order valence-electron chi connectivity index (χ2n) is 10.7. The third-order valence-electron chi connectivity index (χ3n) is 6.45. The highest BCUT2D eigenvalue weighted by Gasteiger charge is 2.31. The monoisotopic (exact) mass is 540 g/mol. The summed E-state index contributed by atoms with van der Waals surface area (Å²) < 4.78 is 37.7. The molecule has 10 nitrogen and oxygen atoms in total. The molecule has 4 aromatic rings. The van der Waals surface area contributed by atoms with Crippen molar-refractivity contribution in [3.8, 4) is 17.3 Å². The van der Waals surface area contributed by atoms with Crippen LogP contribution in [0, 0.1) is 0 Å². The number of benzene rings is 1.